The van der Waals surface area contributed by atoms with E-state index in [9.17, 15) is 0 Å². The maximum atomic E-state index is 4.20. The zero-order valence-corrected chi connectivity index (χ0v) is 15.5. The van der Waals surface area contributed by atoms with E-state index in [0.29, 0.717) is 6.54 Å². The third-order valence-corrected chi connectivity index (χ3v) is 3.34. The van der Waals surface area contributed by atoms with Crippen molar-refractivity contribution in [2.45, 2.75) is 25.9 Å². The summed E-state index contributed by atoms with van der Waals surface area (Å²) in [4.78, 5) is 10.5. The molecule has 20 heavy (non-hydrogen) atoms. The Balaban J connectivity index is 0.00000361. The summed E-state index contributed by atoms with van der Waals surface area (Å²) in [6.45, 7) is 5.75. The zero-order chi connectivity index (χ0) is 14.5. The number of rotatable bonds is 5. The van der Waals surface area contributed by atoms with Crippen LogP contribution in [-0.2, 0) is 13.6 Å². The Kier molecular flexibility index (Phi) is 8.02. The third kappa shape index (κ3) is 5.61. The van der Waals surface area contributed by atoms with Crippen LogP contribution in [0.5, 0.6) is 0 Å². The number of aliphatic imine (C=N–C) groups is 1. The SMILES string of the molecule is CN=C(NCc1ncnn1C)NCC(C)(C)N(C)C.I. The Morgan fingerprint density at radius 1 is 1.40 bits per heavy atom. The second-order valence-electron chi connectivity index (χ2n) is 5.29. The summed E-state index contributed by atoms with van der Waals surface area (Å²) in [5, 5.41) is 10.6. The Morgan fingerprint density at radius 3 is 2.50 bits per heavy atom. The smallest absolute Gasteiger partial charge is 0.191 e. The molecule has 0 saturated heterocycles. The standard InChI is InChI=1S/C12H25N7.HI/c1-12(2,18(4)5)8-15-11(13-3)14-7-10-16-9-17-19(10)6;/h9H,7-8H2,1-6H3,(H2,13,14,15);1H. The van der Waals surface area contributed by atoms with E-state index in [-0.39, 0.29) is 29.5 Å². The van der Waals surface area contributed by atoms with E-state index in [1.807, 2.05) is 7.05 Å². The van der Waals surface area contributed by atoms with E-state index in [2.05, 4.69) is 58.6 Å². The van der Waals surface area contributed by atoms with E-state index in [1.54, 1.807) is 18.1 Å². The first-order valence-electron chi connectivity index (χ1n) is 6.31. The van der Waals surface area contributed by atoms with Crippen LogP contribution in [0, 0.1) is 0 Å². The van der Waals surface area contributed by atoms with Gasteiger partial charge in [0, 0.05) is 26.2 Å². The number of aromatic nitrogens is 3. The molecule has 1 aromatic heterocycles. The first-order chi connectivity index (χ1) is 8.86. The van der Waals surface area contributed by atoms with Crippen molar-refractivity contribution in [2.75, 3.05) is 27.7 Å². The number of hydrogen-bond donors (Lipinski definition) is 2. The molecule has 0 aliphatic rings. The lowest BCUT2D eigenvalue weighted by Gasteiger charge is -2.33. The molecule has 0 aromatic carbocycles. The molecule has 1 heterocycles. The number of nitrogens with one attached hydrogen (secondary N) is 2. The summed E-state index contributed by atoms with van der Waals surface area (Å²) in [5.74, 6) is 1.63. The van der Waals surface area contributed by atoms with E-state index in [0.717, 1.165) is 18.3 Å². The highest BCUT2D eigenvalue weighted by Gasteiger charge is 2.20. The van der Waals surface area contributed by atoms with Crippen LogP contribution in [0.15, 0.2) is 11.3 Å². The van der Waals surface area contributed by atoms with Crippen molar-refractivity contribution < 1.29 is 0 Å². The molecule has 0 amide bonds. The minimum atomic E-state index is 0. The van der Waals surface area contributed by atoms with Crippen molar-refractivity contribution in [1.29, 1.82) is 0 Å². The van der Waals surface area contributed by atoms with Gasteiger partial charge < -0.3 is 15.5 Å². The van der Waals surface area contributed by atoms with Crippen molar-refractivity contribution in [1.82, 2.24) is 30.3 Å². The number of aryl methyl sites for hydroxylation is 1. The van der Waals surface area contributed by atoms with Gasteiger partial charge in [-0.15, -0.1) is 24.0 Å². The highest BCUT2D eigenvalue weighted by atomic mass is 127. The van der Waals surface area contributed by atoms with Crippen LogP contribution in [0.4, 0.5) is 0 Å². The number of halogens is 1. The van der Waals surface area contributed by atoms with Crippen LogP contribution in [0.3, 0.4) is 0 Å². The molecule has 2 N–H and O–H groups in total. The Morgan fingerprint density at radius 2 is 2.05 bits per heavy atom. The molecular formula is C12H26IN7. The van der Waals surface area contributed by atoms with Crippen LogP contribution in [0.25, 0.3) is 0 Å². The maximum absolute atomic E-state index is 4.20. The molecule has 0 aliphatic heterocycles. The number of nitrogens with zero attached hydrogens (tertiary/aromatic N) is 5. The second kappa shape index (κ2) is 8.40. The quantitative estimate of drug-likeness (QED) is 0.430. The van der Waals surface area contributed by atoms with Crippen LogP contribution < -0.4 is 10.6 Å². The summed E-state index contributed by atoms with van der Waals surface area (Å²) >= 11 is 0. The molecule has 1 aromatic rings. The molecule has 8 heteroatoms. The fourth-order valence-corrected chi connectivity index (χ4v) is 1.32. The summed E-state index contributed by atoms with van der Waals surface area (Å²) < 4.78 is 1.74. The number of hydrogen-bond acceptors (Lipinski definition) is 4. The summed E-state index contributed by atoms with van der Waals surface area (Å²) in [6.07, 6.45) is 1.54. The third-order valence-electron chi connectivity index (χ3n) is 3.34. The van der Waals surface area contributed by atoms with E-state index in [4.69, 9.17) is 0 Å². The van der Waals surface area contributed by atoms with Crippen LogP contribution >= 0.6 is 24.0 Å². The second-order valence-corrected chi connectivity index (χ2v) is 5.29. The first-order valence-corrected chi connectivity index (χ1v) is 6.31. The minimum Gasteiger partial charge on any atom is -0.355 e. The lowest BCUT2D eigenvalue weighted by atomic mass is 10.0. The molecule has 0 atom stereocenters. The predicted octanol–water partition coefficient (Wildman–Crippen LogP) is 0.438. The molecule has 116 valence electrons. The fourth-order valence-electron chi connectivity index (χ4n) is 1.32. The first kappa shape index (κ1) is 19.1. The average Bonchev–Trinajstić information content (AvgIpc) is 2.75. The van der Waals surface area contributed by atoms with Gasteiger partial charge in [0.25, 0.3) is 0 Å². The highest BCUT2D eigenvalue weighted by molar-refractivity contribution is 14.0. The van der Waals surface area contributed by atoms with Crippen LogP contribution in [-0.4, -0.2) is 58.9 Å². The van der Waals surface area contributed by atoms with Crippen molar-refractivity contribution in [3.05, 3.63) is 12.2 Å². The topological polar surface area (TPSA) is 70.4 Å². The zero-order valence-electron chi connectivity index (χ0n) is 13.1. The highest BCUT2D eigenvalue weighted by Crippen LogP contribution is 2.07. The van der Waals surface area contributed by atoms with Gasteiger partial charge in [-0.1, -0.05) is 0 Å². The minimum absolute atomic E-state index is 0. The fraction of sp³-hybridized carbons (Fsp3) is 0.750. The largest absolute Gasteiger partial charge is 0.355 e. The lowest BCUT2D eigenvalue weighted by Crippen LogP contribution is -2.50. The Hall–Kier alpha value is -0.900. The number of guanidine groups is 1. The maximum Gasteiger partial charge on any atom is 0.191 e. The molecular weight excluding hydrogens is 369 g/mol. The predicted molar refractivity (Wildman–Crippen MR) is 92.4 cm³/mol. The van der Waals surface area contributed by atoms with Gasteiger partial charge in [0.15, 0.2) is 5.96 Å². The monoisotopic (exact) mass is 395 g/mol. The molecule has 0 radical (unpaired) electrons. The Bertz CT molecular complexity index is 425. The van der Waals surface area contributed by atoms with E-state index >= 15 is 0 Å². The molecule has 0 bridgehead atoms. The molecule has 0 saturated carbocycles. The van der Waals surface area contributed by atoms with Crippen molar-refractivity contribution in [3.63, 3.8) is 0 Å². The van der Waals surface area contributed by atoms with Gasteiger partial charge in [-0.05, 0) is 27.9 Å². The summed E-state index contributed by atoms with van der Waals surface area (Å²) in [7, 11) is 7.76. The molecule has 0 spiro atoms. The molecule has 0 aliphatic carbocycles. The van der Waals surface area contributed by atoms with Crippen LogP contribution in [0.2, 0.25) is 0 Å². The summed E-state index contributed by atoms with van der Waals surface area (Å²) in [5.41, 5.74) is 0.0579. The van der Waals surface area contributed by atoms with Gasteiger partial charge in [-0.3, -0.25) is 9.67 Å². The van der Waals surface area contributed by atoms with Crippen molar-refractivity contribution in [3.8, 4) is 0 Å². The van der Waals surface area contributed by atoms with Gasteiger partial charge >= 0.3 is 0 Å². The van der Waals surface area contributed by atoms with Gasteiger partial charge in [-0.2, -0.15) is 5.10 Å². The summed E-state index contributed by atoms with van der Waals surface area (Å²) in [6, 6.07) is 0. The van der Waals surface area contributed by atoms with E-state index < -0.39 is 0 Å². The Labute approximate surface area is 138 Å². The molecule has 0 fully saturated rings. The van der Waals surface area contributed by atoms with E-state index in [1.165, 1.54) is 0 Å². The lowest BCUT2D eigenvalue weighted by molar-refractivity contribution is 0.197. The van der Waals surface area contributed by atoms with Gasteiger partial charge in [0.2, 0.25) is 0 Å². The molecule has 7 nitrogen and oxygen atoms in total. The van der Waals surface area contributed by atoms with Crippen LogP contribution in [0.1, 0.15) is 19.7 Å². The normalized spacial score (nSPS) is 12.2. The molecule has 0 unspecified atom stereocenters. The van der Waals surface area contributed by atoms with Crippen molar-refractivity contribution in [2.24, 2.45) is 12.0 Å². The van der Waals surface area contributed by atoms with Crippen molar-refractivity contribution >= 4 is 29.9 Å². The van der Waals surface area contributed by atoms with Gasteiger partial charge in [0.05, 0.1) is 6.54 Å². The number of likely N-dealkylation sites (N-methyl/N-ethyl adjacent to an activating group) is 1. The van der Waals surface area contributed by atoms with Gasteiger partial charge in [0.1, 0.15) is 12.2 Å². The molecule has 1 rings (SSSR count). The average molecular weight is 395 g/mol. The van der Waals surface area contributed by atoms with Gasteiger partial charge in [-0.25, -0.2) is 4.98 Å².